The summed E-state index contributed by atoms with van der Waals surface area (Å²) in [6, 6.07) is 6.94. The molecule has 4 rings (SSSR count). The Kier molecular flexibility index (Phi) is 6.72. The van der Waals surface area contributed by atoms with E-state index in [0.29, 0.717) is 25.2 Å². The second-order valence-corrected chi connectivity index (χ2v) is 8.70. The summed E-state index contributed by atoms with van der Waals surface area (Å²) in [4.78, 5) is 11.5. The Morgan fingerprint density at radius 2 is 1.97 bits per heavy atom. The van der Waals surface area contributed by atoms with Gasteiger partial charge in [0, 0.05) is 44.0 Å². The Hall–Kier alpha value is -2.34. The molecule has 0 atom stereocenters. The van der Waals surface area contributed by atoms with Crippen LogP contribution < -0.4 is 9.47 Å². The summed E-state index contributed by atoms with van der Waals surface area (Å²) < 4.78 is 14.2. The number of hydrogen-bond acceptors (Lipinski definition) is 5. The monoisotopic (exact) mass is 410 g/mol. The van der Waals surface area contributed by atoms with Gasteiger partial charge in [0.1, 0.15) is 0 Å². The predicted molar refractivity (Wildman–Crippen MR) is 120 cm³/mol. The lowest BCUT2D eigenvalue weighted by atomic mass is 10.0. The van der Waals surface area contributed by atoms with Gasteiger partial charge in [-0.05, 0) is 43.4 Å². The molecule has 2 aromatic rings. The number of ether oxygens (including phenoxy) is 2. The molecule has 6 nitrogen and oxygen atoms in total. The van der Waals surface area contributed by atoms with E-state index in [1.807, 2.05) is 19.5 Å². The molecule has 1 saturated heterocycles. The molecule has 1 aromatic heterocycles. The zero-order valence-corrected chi connectivity index (χ0v) is 18.5. The molecule has 0 radical (unpaired) electrons. The molecule has 0 unspecified atom stereocenters. The maximum Gasteiger partial charge on any atom is 0.161 e. The zero-order chi connectivity index (χ0) is 20.9. The van der Waals surface area contributed by atoms with E-state index in [1.165, 1.54) is 11.3 Å². The number of hydrogen-bond donors (Lipinski definition) is 0. The molecule has 3 heterocycles. The highest BCUT2D eigenvalue weighted by Gasteiger charge is 2.24. The number of fused-ring (bicyclic) bond motifs is 1. The maximum absolute atomic E-state index is 5.94. The highest BCUT2D eigenvalue weighted by molar-refractivity contribution is 5.63. The molecule has 0 saturated carbocycles. The highest BCUT2D eigenvalue weighted by atomic mass is 16.5. The van der Waals surface area contributed by atoms with Crippen LogP contribution in [0, 0.1) is 5.92 Å². The second-order valence-electron chi connectivity index (χ2n) is 8.70. The number of aromatic nitrogens is 2. The van der Waals surface area contributed by atoms with Crippen molar-refractivity contribution in [3.05, 3.63) is 41.5 Å². The molecule has 1 aromatic carbocycles. The lowest BCUT2D eigenvalue weighted by Crippen LogP contribution is -2.34. The van der Waals surface area contributed by atoms with E-state index in [1.54, 1.807) is 0 Å². The molecular weight excluding hydrogens is 376 g/mol. The summed E-state index contributed by atoms with van der Waals surface area (Å²) >= 11 is 0. The fourth-order valence-electron chi connectivity index (χ4n) is 4.31. The van der Waals surface area contributed by atoms with Crippen LogP contribution in [0.2, 0.25) is 0 Å². The van der Waals surface area contributed by atoms with Crippen LogP contribution >= 0.6 is 0 Å². The molecule has 2 aliphatic rings. The van der Waals surface area contributed by atoms with Crippen molar-refractivity contribution in [3.8, 4) is 11.5 Å². The molecule has 0 N–H and O–H groups in total. The van der Waals surface area contributed by atoms with Gasteiger partial charge in [-0.15, -0.1) is 0 Å². The first-order valence-electron chi connectivity index (χ1n) is 11.3. The number of nitrogens with zero attached hydrogens (tertiary/aromatic N) is 4. The van der Waals surface area contributed by atoms with Crippen LogP contribution in [-0.4, -0.2) is 47.0 Å². The summed E-state index contributed by atoms with van der Waals surface area (Å²) in [5.41, 5.74) is 3.80. The van der Waals surface area contributed by atoms with Gasteiger partial charge in [-0.1, -0.05) is 19.9 Å². The normalized spacial score (nSPS) is 17.3. The topological polar surface area (TPSA) is 51.9 Å². The SMILES string of the molecule is CCOc1cc(CN2CCC(n3cnc4c3CC=NC4)CC2)ccc1OCC(C)C. The van der Waals surface area contributed by atoms with Crippen molar-refractivity contribution in [1.82, 2.24) is 14.5 Å². The quantitative estimate of drug-likeness (QED) is 0.652. The van der Waals surface area contributed by atoms with Gasteiger partial charge in [-0.25, -0.2) is 4.98 Å². The van der Waals surface area contributed by atoms with Crippen LogP contribution in [-0.2, 0) is 19.5 Å². The summed E-state index contributed by atoms with van der Waals surface area (Å²) in [5.74, 6) is 2.20. The summed E-state index contributed by atoms with van der Waals surface area (Å²) in [7, 11) is 0. The number of benzene rings is 1. The van der Waals surface area contributed by atoms with Gasteiger partial charge in [0.05, 0.1) is 31.8 Å². The van der Waals surface area contributed by atoms with Crippen molar-refractivity contribution in [1.29, 1.82) is 0 Å². The third-order valence-corrected chi connectivity index (χ3v) is 5.87. The fraction of sp³-hybridized carbons (Fsp3) is 0.583. The van der Waals surface area contributed by atoms with Crippen LogP contribution in [0.25, 0.3) is 0 Å². The van der Waals surface area contributed by atoms with E-state index < -0.39 is 0 Å². The minimum absolute atomic E-state index is 0.494. The average Bonchev–Trinajstić information content (AvgIpc) is 3.18. The van der Waals surface area contributed by atoms with Crippen LogP contribution in [0.5, 0.6) is 11.5 Å². The van der Waals surface area contributed by atoms with Crippen molar-refractivity contribution in [2.75, 3.05) is 26.3 Å². The summed E-state index contributed by atoms with van der Waals surface area (Å²) in [6.07, 6.45) is 7.30. The Labute approximate surface area is 179 Å². The molecule has 1 fully saturated rings. The van der Waals surface area contributed by atoms with Crippen LogP contribution in [0.1, 0.15) is 56.6 Å². The molecule has 30 heavy (non-hydrogen) atoms. The first-order chi connectivity index (χ1) is 14.6. The Morgan fingerprint density at radius 3 is 2.73 bits per heavy atom. The molecule has 6 heteroatoms. The van der Waals surface area contributed by atoms with Crippen molar-refractivity contribution in [2.24, 2.45) is 10.9 Å². The first kappa shape index (κ1) is 20.9. The van der Waals surface area contributed by atoms with Gasteiger partial charge < -0.3 is 14.0 Å². The van der Waals surface area contributed by atoms with Crippen molar-refractivity contribution in [3.63, 3.8) is 0 Å². The zero-order valence-electron chi connectivity index (χ0n) is 18.5. The molecule has 0 spiro atoms. The smallest absolute Gasteiger partial charge is 0.161 e. The Morgan fingerprint density at radius 1 is 1.13 bits per heavy atom. The number of rotatable bonds is 8. The minimum atomic E-state index is 0.494. The Balaban J connectivity index is 1.35. The van der Waals surface area contributed by atoms with Crippen molar-refractivity contribution >= 4 is 6.21 Å². The standard InChI is InChI=1S/C24H34N4O2/c1-4-29-24-13-19(5-6-23(24)30-16-18(2)3)15-27-11-8-20(9-12-27)28-17-26-21-14-25-10-7-22(21)28/h5-6,10,13,17-18,20H,4,7-9,11-12,14-16H2,1-3H3. The predicted octanol–water partition coefficient (Wildman–Crippen LogP) is 4.28. The molecular formula is C24H34N4O2. The van der Waals surface area contributed by atoms with Crippen LogP contribution in [0.4, 0.5) is 0 Å². The summed E-state index contributed by atoms with van der Waals surface area (Å²) in [5, 5.41) is 0. The lowest BCUT2D eigenvalue weighted by molar-refractivity contribution is 0.178. The van der Waals surface area contributed by atoms with E-state index in [-0.39, 0.29) is 0 Å². The third kappa shape index (κ3) is 4.86. The molecule has 0 amide bonds. The van der Waals surface area contributed by atoms with Crippen LogP contribution in [0.3, 0.4) is 0 Å². The first-order valence-corrected chi connectivity index (χ1v) is 11.3. The van der Waals surface area contributed by atoms with E-state index in [2.05, 4.69) is 51.5 Å². The second kappa shape index (κ2) is 9.65. The van der Waals surface area contributed by atoms with Gasteiger partial charge in [0.25, 0.3) is 0 Å². The van der Waals surface area contributed by atoms with Gasteiger partial charge in [-0.3, -0.25) is 9.89 Å². The lowest BCUT2D eigenvalue weighted by Gasteiger charge is -2.33. The van der Waals surface area contributed by atoms with Crippen LogP contribution in [0.15, 0.2) is 29.5 Å². The van der Waals surface area contributed by atoms with E-state index >= 15 is 0 Å². The van der Waals surface area contributed by atoms with E-state index in [9.17, 15) is 0 Å². The van der Waals surface area contributed by atoms with E-state index in [0.717, 1.165) is 62.6 Å². The molecule has 0 bridgehead atoms. The fourth-order valence-corrected chi connectivity index (χ4v) is 4.31. The number of aliphatic imine (C=N–C) groups is 1. The number of piperidine rings is 1. The third-order valence-electron chi connectivity index (χ3n) is 5.87. The van der Waals surface area contributed by atoms with Crippen molar-refractivity contribution < 1.29 is 9.47 Å². The minimum Gasteiger partial charge on any atom is -0.490 e. The summed E-state index contributed by atoms with van der Waals surface area (Å²) in [6.45, 7) is 11.6. The largest absolute Gasteiger partial charge is 0.490 e. The molecule has 162 valence electrons. The average molecular weight is 411 g/mol. The van der Waals surface area contributed by atoms with Crippen molar-refractivity contribution in [2.45, 2.75) is 59.2 Å². The molecule has 2 aliphatic heterocycles. The van der Waals surface area contributed by atoms with Gasteiger partial charge in [0.15, 0.2) is 11.5 Å². The number of imidazole rings is 1. The maximum atomic E-state index is 5.94. The van der Waals surface area contributed by atoms with Gasteiger partial charge in [-0.2, -0.15) is 0 Å². The van der Waals surface area contributed by atoms with Gasteiger partial charge in [0.2, 0.25) is 0 Å². The Bertz CT molecular complexity index is 866. The molecule has 0 aliphatic carbocycles. The highest BCUT2D eigenvalue weighted by Crippen LogP contribution is 2.31. The van der Waals surface area contributed by atoms with Gasteiger partial charge >= 0.3 is 0 Å². The van der Waals surface area contributed by atoms with E-state index in [4.69, 9.17) is 9.47 Å². The number of likely N-dealkylation sites (tertiary alicyclic amines) is 1.